The van der Waals surface area contributed by atoms with Gasteiger partial charge in [0.1, 0.15) is 0 Å². The standard InChI is InChI=1S/C11H13N3O/c1-7-5-3-4-6-9(7)10-13-11(8(2)12)15-14-10/h3-6,8H,12H2,1-2H3/p+1/t8-/m1/s1. The number of rotatable bonds is 2. The SMILES string of the molecule is Cc1ccccc1-c1noc([C@@H](C)[NH3+])n1. The largest absolute Gasteiger partial charge is 0.348 e. The number of aryl methyl sites for hydroxylation is 1. The molecule has 0 aliphatic heterocycles. The molecule has 1 atom stereocenters. The summed E-state index contributed by atoms with van der Waals surface area (Å²) in [5.74, 6) is 1.21. The van der Waals surface area contributed by atoms with Crippen LogP contribution in [0.5, 0.6) is 0 Å². The average Bonchev–Trinajstić information content (AvgIpc) is 2.67. The Kier molecular flexibility index (Phi) is 2.51. The molecule has 0 aliphatic carbocycles. The van der Waals surface area contributed by atoms with Crippen molar-refractivity contribution in [3.05, 3.63) is 35.7 Å². The Balaban J connectivity index is 2.42. The number of aromatic nitrogens is 2. The normalized spacial score (nSPS) is 12.7. The van der Waals surface area contributed by atoms with Crippen LogP contribution in [0.2, 0.25) is 0 Å². The van der Waals surface area contributed by atoms with Crippen LogP contribution in [0.4, 0.5) is 0 Å². The first-order chi connectivity index (χ1) is 7.18. The first-order valence-corrected chi connectivity index (χ1v) is 4.91. The van der Waals surface area contributed by atoms with E-state index in [1.54, 1.807) is 0 Å². The summed E-state index contributed by atoms with van der Waals surface area (Å²) in [5, 5.41) is 3.94. The van der Waals surface area contributed by atoms with Crippen molar-refractivity contribution in [1.29, 1.82) is 0 Å². The van der Waals surface area contributed by atoms with Gasteiger partial charge in [-0.3, -0.25) is 0 Å². The molecule has 4 nitrogen and oxygen atoms in total. The molecule has 0 spiro atoms. The van der Waals surface area contributed by atoms with Crippen molar-refractivity contribution in [2.75, 3.05) is 0 Å². The summed E-state index contributed by atoms with van der Waals surface area (Å²) in [4.78, 5) is 4.30. The molecule has 15 heavy (non-hydrogen) atoms. The van der Waals surface area contributed by atoms with E-state index in [1.807, 2.05) is 38.1 Å². The number of quaternary nitrogens is 1. The molecule has 0 saturated carbocycles. The fourth-order valence-electron chi connectivity index (χ4n) is 1.37. The third-order valence-electron chi connectivity index (χ3n) is 2.25. The molecule has 0 saturated heterocycles. The minimum atomic E-state index is 0.0234. The molecule has 1 heterocycles. The van der Waals surface area contributed by atoms with Gasteiger partial charge in [0.25, 0.3) is 5.89 Å². The molecule has 0 bridgehead atoms. The Morgan fingerprint density at radius 3 is 2.67 bits per heavy atom. The van der Waals surface area contributed by atoms with Crippen molar-refractivity contribution in [3.63, 3.8) is 0 Å². The maximum Gasteiger partial charge on any atom is 0.284 e. The van der Waals surface area contributed by atoms with E-state index in [9.17, 15) is 0 Å². The lowest BCUT2D eigenvalue weighted by molar-refractivity contribution is -0.425. The summed E-state index contributed by atoms with van der Waals surface area (Å²) >= 11 is 0. The average molecular weight is 204 g/mol. The Hall–Kier alpha value is -1.68. The van der Waals surface area contributed by atoms with E-state index < -0.39 is 0 Å². The van der Waals surface area contributed by atoms with Crippen LogP contribution in [0.3, 0.4) is 0 Å². The highest BCUT2D eigenvalue weighted by molar-refractivity contribution is 5.58. The molecule has 0 unspecified atom stereocenters. The summed E-state index contributed by atoms with van der Waals surface area (Å²) < 4.78 is 5.11. The highest BCUT2D eigenvalue weighted by Crippen LogP contribution is 2.20. The van der Waals surface area contributed by atoms with E-state index in [1.165, 1.54) is 0 Å². The van der Waals surface area contributed by atoms with Gasteiger partial charge < -0.3 is 10.3 Å². The molecular weight excluding hydrogens is 190 g/mol. The van der Waals surface area contributed by atoms with Gasteiger partial charge in [0.15, 0.2) is 6.04 Å². The van der Waals surface area contributed by atoms with Gasteiger partial charge in [-0.25, -0.2) is 0 Å². The molecule has 2 rings (SSSR count). The van der Waals surface area contributed by atoms with Crippen LogP contribution in [0.1, 0.15) is 24.4 Å². The second-order valence-corrected chi connectivity index (χ2v) is 3.67. The second kappa shape index (κ2) is 3.82. The Bertz CT molecular complexity index is 462. The predicted molar refractivity (Wildman–Crippen MR) is 55.8 cm³/mol. The lowest BCUT2D eigenvalue weighted by Crippen LogP contribution is -2.51. The zero-order valence-corrected chi connectivity index (χ0v) is 8.90. The molecule has 0 fully saturated rings. The highest BCUT2D eigenvalue weighted by atomic mass is 16.5. The molecule has 0 aliphatic rings. The molecular formula is C11H14N3O+. The van der Waals surface area contributed by atoms with Gasteiger partial charge >= 0.3 is 0 Å². The monoisotopic (exact) mass is 204 g/mol. The summed E-state index contributed by atoms with van der Waals surface area (Å²) in [5.41, 5.74) is 5.99. The molecule has 0 amide bonds. The molecule has 1 aromatic carbocycles. The van der Waals surface area contributed by atoms with Crippen LogP contribution in [-0.4, -0.2) is 10.1 Å². The van der Waals surface area contributed by atoms with Gasteiger partial charge in [-0.15, -0.1) is 0 Å². The third kappa shape index (κ3) is 1.89. The van der Waals surface area contributed by atoms with Crippen LogP contribution in [0, 0.1) is 6.92 Å². The van der Waals surface area contributed by atoms with E-state index in [-0.39, 0.29) is 6.04 Å². The first kappa shape index (κ1) is 9.86. The van der Waals surface area contributed by atoms with E-state index in [4.69, 9.17) is 4.52 Å². The summed E-state index contributed by atoms with van der Waals surface area (Å²) in [6.45, 7) is 3.95. The van der Waals surface area contributed by atoms with Crippen molar-refractivity contribution < 1.29 is 10.3 Å². The summed E-state index contributed by atoms with van der Waals surface area (Å²) in [6.07, 6.45) is 0. The number of nitrogens with zero attached hydrogens (tertiary/aromatic N) is 2. The molecule has 4 heteroatoms. The smallest absolute Gasteiger partial charge is 0.284 e. The van der Waals surface area contributed by atoms with Crippen LogP contribution in [0.15, 0.2) is 28.8 Å². The Morgan fingerprint density at radius 1 is 1.33 bits per heavy atom. The number of hydrogen-bond donors (Lipinski definition) is 1. The fraction of sp³-hybridized carbons (Fsp3) is 0.273. The molecule has 0 radical (unpaired) electrons. The lowest BCUT2D eigenvalue weighted by atomic mass is 10.1. The van der Waals surface area contributed by atoms with Crippen molar-refractivity contribution in [1.82, 2.24) is 10.1 Å². The van der Waals surface area contributed by atoms with E-state index in [0.717, 1.165) is 11.1 Å². The van der Waals surface area contributed by atoms with Crippen LogP contribution in [-0.2, 0) is 0 Å². The minimum Gasteiger partial charge on any atom is -0.348 e. The van der Waals surface area contributed by atoms with Gasteiger partial charge in [0.2, 0.25) is 5.82 Å². The Morgan fingerprint density at radius 2 is 2.07 bits per heavy atom. The predicted octanol–water partition coefficient (Wildman–Crippen LogP) is 1.35. The van der Waals surface area contributed by atoms with Crippen LogP contribution >= 0.6 is 0 Å². The first-order valence-electron chi connectivity index (χ1n) is 4.91. The third-order valence-corrected chi connectivity index (χ3v) is 2.25. The van der Waals surface area contributed by atoms with Gasteiger partial charge in [-0.05, 0) is 19.4 Å². The maximum atomic E-state index is 5.11. The molecule has 3 N–H and O–H groups in total. The summed E-state index contributed by atoms with van der Waals surface area (Å²) in [7, 11) is 0. The lowest BCUT2D eigenvalue weighted by Gasteiger charge is -1.98. The van der Waals surface area contributed by atoms with Gasteiger partial charge in [0.05, 0.1) is 0 Å². The fourth-order valence-corrected chi connectivity index (χ4v) is 1.37. The zero-order valence-electron chi connectivity index (χ0n) is 8.90. The van der Waals surface area contributed by atoms with Crippen molar-refractivity contribution >= 4 is 0 Å². The quantitative estimate of drug-likeness (QED) is 0.802. The zero-order chi connectivity index (χ0) is 10.8. The van der Waals surface area contributed by atoms with Crippen LogP contribution in [0.25, 0.3) is 11.4 Å². The van der Waals surface area contributed by atoms with Crippen LogP contribution < -0.4 is 5.73 Å². The number of benzene rings is 1. The molecule has 78 valence electrons. The van der Waals surface area contributed by atoms with Gasteiger partial charge in [-0.1, -0.05) is 29.4 Å². The minimum absolute atomic E-state index is 0.0234. The molecule has 2 aromatic rings. The highest BCUT2D eigenvalue weighted by Gasteiger charge is 2.14. The van der Waals surface area contributed by atoms with Crippen molar-refractivity contribution in [2.45, 2.75) is 19.9 Å². The summed E-state index contributed by atoms with van der Waals surface area (Å²) in [6, 6.07) is 7.99. The van der Waals surface area contributed by atoms with E-state index in [0.29, 0.717) is 11.7 Å². The van der Waals surface area contributed by atoms with Crippen molar-refractivity contribution in [2.24, 2.45) is 0 Å². The molecule has 1 aromatic heterocycles. The van der Waals surface area contributed by atoms with Crippen molar-refractivity contribution in [3.8, 4) is 11.4 Å². The van der Waals surface area contributed by atoms with E-state index in [2.05, 4.69) is 15.9 Å². The maximum absolute atomic E-state index is 5.11. The second-order valence-electron chi connectivity index (χ2n) is 3.67. The number of hydrogen-bond acceptors (Lipinski definition) is 3. The van der Waals surface area contributed by atoms with Gasteiger partial charge in [0, 0.05) is 5.56 Å². The topological polar surface area (TPSA) is 66.6 Å². The van der Waals surface area contributed by atoms with Gasteiger partial charge in [-0.2, -0.15) is 4.98 Å². The van der Waals surface area contributed by atoms with E-state index >= 15 is 0 Å². The Labute approximate surface area is 88.1 Å².